The molecule has 1 amide bonds. The Morgan fingerprint density at radius 3 is 2.19 bits per heavy atom. The van der Waals surface area contributed by atoms with E-state index in [1.807, 2.05) is 37.3 Å². The smallest absolute Gasteiger partial charge is 0.269 e. The number of non-ortho nitro benzene ring substituents is 1. The minimum Gasteiger partial charge on any atom is -0.276 e. The van der Waals surface area contributed by atoms with Gasteiger partial charge in [0, 0.05) is 23.4 Å². The molecule has 4 rings (SSSR count). The molecule has 1 aliphatic rings. The summed E-state index contributed by atoms with van der Waals surface area (Å²) < 4.78 is 0. The number of aryl methyl sites for hydroxylation is 1. The van der Waals surface area contributed by atoms with Gasteiger partial charge in [-0.3, -0.25) is 19.8 Å². The zero-order chi connectivity index (χ0) is 22.0. The SMILES string of the molecule is Cc1ccc(C2=C/C(=C\c3ccc([N+](=O)[O-])cc3)C(=O)N2c2ccc(C#N)cc2)cc1. The summed E-state index contributed by atoms with van der Waals surface area (Å²) >= 11 is 0. The van der Waals surface area contributed by atoms with Crippen molar-refractivity contribution in [1.82, 2.24) is 0 Å². The lowest BCUT2D eigenvalue weighted by Crippen LogP contribution is -2.24. The van der Waals surface area contributed by atoms with Crippen LogP contribution in [-0.4, -0.2) is 10.8 Å². The summed E-state index contributed by atoms with van der Waals surface area (Å²) in [5.41, 5.74) is 5.04. The number of amides is 1. The van der Waals surface area contributed by atoms with Crippen LogP contribution in [0.3, 0.4) is 0 Å². The molecular weight excluding hydrogens is 390 g/mol. The Hall–Kier alpha value is -4.50. The van der Waals surface area contributed by atoms with Crippen LogP contribution in [0.25, 0.3) is 11.8 Å². The van der Waals surface area contributed by atoms with Crippen molar-refractivity contribution in [2.45, 2.75) is 6.92 Å². The largest absolute Gasteiger partial charge is 0.276 e. The minimum absolute atomic E-state index is 0.00464. The van der Waals surface area contributed by atoms with Crippen LogP contribution < -0.4 is 4.90 Å². The number of carbonyl (C=O) groups excluding carboxylic acids is 1. The third kappa shape index (κ3) is 3.98. The first-order valence-corrected chi connectivity index (χ1v) is 9.56. The van der Waals surface area contributed by atoms with E-state index in [-0.39, 0.29) is 11.6 Å². The Labute approximate surface area is 179 Å². The molecule has 6 nitrogen and oxygen atoms in total. The number of anilines is 1. The zero-order valence-corrected chi connectivity index (χ0v) is 16.6. The van der Waals surface area contributed by atoms with Crippen LogP contribution in [0, 0.1) is 28.4 Å². The van der Waals surface area contributed by atoms with Crippen LogP contribution in [0.4, 0.5) is 11.4 Å². The average molecular weight is 407 g/mol. The maximum absolute atomic E-state index is 13.3. The monoisotopic (exact) mass is 407 g/mol. The second-order valence-corrected chi connectivity index (χ2v) is 7.14. The molecule has 150 valence electrons. The number of rotatable bonds is 4. The molecule has 0 bridgehead atoms. The van der Waals surface area contributed by atoms with Crippen molar-refractivity contribution in [3.63, 3.8) is 0 Å². The molecule has 0 aromatic heterocycles. The molecule has 0 radical (unpaired) electrons. The molecule has 0 fully saturated rings. The van der Waals surface area contributed by atoms with E-state index in [1.165, 1.54) is 12.1 Å². The summed E-state index contributed by atoms with van der Waals surface area (Å²) in [5, 5.41) is 19.9. The van der Waals surface area contributed by atoms with Crippen molar-refractivity contribution in [2.24, 2.45) is 0 Å². The van der Waals surface area contributed by atoms with Crippen molar-refractivity contribution >= 4 is 29.1 Å². The van der Waals surface area contributed by atoms with E-state index in [9.17, 15) is 14.9 Å². The third-order valence-electron chi connectivity index (χ3n) is 5.01. The Morgan fingerprint density at radius 1 is 0.968 bits per heavy atom. The second-order valence-electron chi connectivity index (χ2n) is 7.14. The van der Waals surface area contributed by atoms with Gasteiger partial charge in [0.15, 0.2) is 0 Å². The molecule has 0 aliphatic carbocycles. The van der Waals surface area contributed by atoms with Crippen LogP contribution in [0.2, 0.25) is 0 Å². The van der Waals surface area contributed by atoms with Crippen molar-refractivity contribution in [1.29, 1.82) is 5.26 Å². The first-order valence-electron chi connectivity index (χ1n) is 9.56. The average Bonchev–Trinajstić information content (AvgIpc) is 3.10. The molecule has 0 atom stereocenters. The highest BCUT2D eigenvalue weighted by molar-refractivity contribution is 6.23. The van der Waals surface area contributed by atoms with Gasteiger partial charge in [-0.05, 0) is 66.6 Å². The molecule has 0 spiro atoms. The summed E-state index contributed by atoms with van der Waals surface area (Å²) in [5.74, 6) is -0.210. The number of nitrogens with zero attached hydrogens (tertiary/aromatic N) is 3. The molecule has 3 aromatic carbocycles. The topological polar surface area (TPSA) is 87.2 Å². The summed E-state index contributed by atoms with van der Waals surface area (Å²) in [6, 6.07) is 22.8. The van der Waals surface area contributed by atoms with Crippen LogP contribution in [0.15, 0.2) is 84.4 Å². The van der Waals surface area contributed by atoms with Crippen molar-refractivity contribution in [3.8, 4) is 6.07 Å². The van der Waals surface area contributed by atoms with E-state index in [0.717, 1.165) is 16.8 Å². The van der Waals surface area contributed by atoms with Gasteiger partial charge in [0.05, 0.1) is 22.3 Å². The molecule has 6 heteroatoms. The minimum atomic E-state index is -0.459. The fourth-order valence-electron chi connectivity index (χ4n) is 3.37. The normalized spacial score (nSPS) is 14.5. The molecule has 0 unspecified atom stereocenters. The Kier molecular flexibility index (Phi) is 5.17. The van der Waals surface area contributed by atoms with Gasteiger partial charge in [-0.15, -0.1) is 0 Å². The van der Waals surface area contributed by atoms with Crippen molar-refractivity contribution in [3.05, 3.63) is 117 Å². The number of hydrogen-bond acceptors (Lipinski definition) is 4. The first-order chi connectivity index (χ1) is 15.0. The van der Waals surface area contributed by atoms with E-state index >= 15 is 0 Å². The number of carbonyl (C=O) groups is 1. The van der Waals surface area contributed by atoms with Gasteiger partial charge in [0.2, 0.25) is 0 Å². The number of nitro benzene ring substituents is 1. The summed E-state index contributed by atoms with van der Waals surface area (Å²) in [7, 11) is 0. The predicted octanol–water partition coefficient (Wildman–Crippen LogP) is 5.25. The Balaban J connectivity index is 1.78. The molecule has 31 heavy (non-hydrogen) atoms. The van der Waals surface area contributed by atoms with Crippen LogP contribution in [0.1, 0.15) is 22.3 Å². The van der Waals surface area contributed by atoms with Crippen LogP contribution >= 0.6 is 0 Å². The number of nitriles is 1. The van der Waals surface area contributed by atoms with E-state index in [0.29, 0.717) is 22.4 Å². The van der Waals surface area contributed by atoms with Gasteiger partial charge in [-0.1, -0.05) is 29.8 Å². The Bertz CT molecular complexity index is 1260. The molecule has 0 saturated carbocycles. The number of benzene rings is 3. The van der Waals surface area contributed by atoms with Gasteiger partial charge < -0.3 is 0 Å². The lowest BCUT2D eigenvalue weighted by Gasteiger charge is -2.21. The molecule has 1 aliphatic heterocycles. The second kappa shape index (κ2) is 8.09. The van der Waals surface area contributed by atoms with Crippen LogP contribution in [-0.2, 0) is 4.79 Å². The van der Waals surface area contributed by atoms with Gasteiger partial charge in [0.1, 0.15) is 0 Å². The van der Waals surface area contributed by atoms with E-state index < -0.39 is 4.92 Å². The highest BCUT2D eigenvalue weighted by Gasteiger charge is 2.30. The van der Waals surface area contributed by atoms with Gasteiger partial charge >= 0.3 is 0 Å². The van der Waals surface area contributed by atoms with Crippen molar-refractivity contribution in [2.75, 3.05) is 4.90 Å². The van der Waals surface area contributed by atoms with E-state index in [1.54, 1.807) is 47.4 Å². The third-order valence-corrected chi connectivity index (χ3v) is 5.01. The van der Waals surface area contributed by atoms with Crippen molar-refractivity contribution < 1.29 is 9.72 Å². The highest BCUT2D eigenvalue weighted by atomic mass is 16.6. The molecule has 0 saturated heterocycles. The first kappa shape index (κ1) is 19.8. The van der Waals surface area contributed by atoms with E-state index in [2.05, 4.69) is 6.07 Å². The summed E-state index contributed by atoms with van der Waals surface area (Å²) in [6.45, 7) is 2.00. The predicted molar refractivity (Wildman–Crippen MR) is 119 cm³/mol. The van der Waals surface area contributed by atoms with Gasteiger partial charge in [0.25, 0.3) is 11.6 Å². The maximum Gasteiger partial charge on any atom is 0.269 e. The number of hydrogen-bond donors (Lipinski definition) is 0. The quantitative estimate of drug-likeness (QED) is 0.336. The number of nitro groups is 1. The fourth-order valence-corrected chi connectivity index (χ4v) is 3.37. The molecular formula is C25H17N3O3. The standard InChI is InChI=1S/C25H17N3O3/c1-17-2-8-20(9-3-17)24-15-21(14-18-4-12-23(13-5-18)28(30)31)25(29)27(24)22-10-6-19(16-26)7-11-22/h2-15H,1H3/b21-14+. The lowest BCUT2D eigenvalue weighted by atomic mass is 10.1. The maximum atomic E-state index is 13.3. The van der Waals surface area contributed by atoms with E-state index in [4.69, 9.17) is 5.26 Å². The summed E-state index contributed by atoms with van der Waals surface area (Å²) in [6.07, 6.45) is 3.52. The summed E-state index contributed by atoms with van der Waals surface area (Å²) in [4.78, 5) is 25.4. The molecule has 0 N–H and O–H groups in total. The molecule has 3 aromatic rings. The lowest BCUT2D eigenvalue weighted by molar-refractivity contribution is -0.384. The van der Waals surface area contributed by atoms with Gasteiger partial charge in [-0.25, -0.2) is 0 Å². The van der Waals surface area contributed by atoms with Gasteiger partial charge in [-0.2, -0.15) is 5.26 Å². The Morgan fingerprint density at radius 2 is 1.61 bits per heavy atom. The highest BCUT2D eigenvalue weighted by Crippen LogP contribution is 2.35. The zero-order valence-electron chi connectivity index (χ0n) is 16.6. The fraction of sp³-hybridized carbons (Fsp3) is 0.0400. The van der Waals surface area contributed by atoms with Crippen LogP contribution in [0.5, 0.6) is 0 Å². The molecule has 1 heterocycles.